The Morgan fingerprint density at radius 3 is 2.85 bits per heavy atom. The number of fused-ring (bicyclic) bond motifs is 1. The largest absolute Gasteiger partial charge is 0.488 e. The highest BCUT2D eigenvalue weighted by atomic mass is 32.1. The fraction of sp³-hybridized carbons (Fsp3) is 0.480. The molecule has 1 aliphatic rings. The molecule has 4 rings (SSSR count). The van der Waals surface area contributed by atoms with E-state index in [1.54, 1.807) is 33.3 Å². The molecule has 1 saturated heterocycles. The Bertz CT molecular complexity index is 1130. The van der Waals surface area contributed by atoms with Crippen LogP contribution in [0.15, 0.2) is 42.2 Å². The van der Waals surface area contributed by atoms with E-state index >= 15 is 0 Å². The zero-order valence-electron chi connectivity index (χ0n) is 19.7. The monoisotopic (exact) mass is 484 g/mol. The van der Waals surface area contributed by atoms with Crippen LogP contribution in [0.2, 0.25) is 0 Å². The molecular formula is C25H32N4O4S. The molecule has 1 fully saturated rings. The number of benzene rings is 1. The lowest BCUT2D eigenvalue weighted by atomic mass is 10.1. The molecule has 0 radical (unpaired) electrons. The number of amides is 1. The van der Waals surface area contributed by atoms with E-state index in [1.165, 1.54) is 11.8 Å². The molecule has 1 aromatic carbocycles. The first-order chi connectivity index (χ1) is 16.5. The van der Waals surface area contributed by atoms with Gasteiger partial charge >= 0.3 is 5.97 Å². The highest BCUT2D eigenvalue weighted by Gasteiger charge is 2.43. The minimum atomic E-state index is -0.689. The number of nitrogens with zero attached hydrogens (tertiary/aromatic N) is 3. The van der Waals surface area contributed by atoms with E-state index in [-0.39, 0.29) is 12.0 Å². The number of hydrogen-bond donors (Lipinski definition) is 1. The fourth-order valence-electron chi connectivity index (χ4n) is 4.58. The standard InChI is InChI=1S/C25H32N4O4S/c1-3-4-5-6-7-20(28-15-23(26)27-16-28)24(30)29-14-19(13-21(29)25(31)32-2)33-18-8-9-22-17(12-18)10-11-34-22/h8-12,15-16,19-21H,3-7,13-14,26H2,1-2H3/t19-,20+,21-/m0/s1. The van der Waals surface area contributed by atoms with E-state index < -0.39 is 18.1 Å². The lowest BCUT2D eigenvalue weighted by molar-refractivity contribution is -0.152. The molecule has 8 nitrogen and oxygen atoms in total. The number of imidazole rings is 1. The van der Waals surface area contributed by atoms with Gasteiger partial charge in [0.2, 0.25) is 5.91 Å². The molecule has 1 aliphatic heterocycles. The van der Waals surface area contributed by atoms with Crippen LogP contribution in [-0.2, 0) is 14.3 Å². The van der Waals surface area contributed by atoms with E-state index in [9.17, 15) is 9.59 Å². The summed E-state index contributed by atoms with van der Waals surface area (Å²) in [4.78, 5) is 32.1. The Labute approximate surface area is 203 Å². The van der Waals surface area contributed by atoms with Crippen molar-refractivity contribution in [1.29, 1.82) is 0 Å². The Morgan fingerprint density at radius 1 is 1.26 bits per heavy atom. The lowest BCUT2D eigenvalue weighted by Gasteiger charge is -2.28. The highest BCUT2D eigenvalue weighted by Crippen LogP contribution is 2.31. The van der Waals surface area contributed by atoms with Gasteiger partial charge in [0.25, 0.3) is 0 Å². The van der Waals surface area contributed by atoms with Crippen molar-refractivity contribution in [2.24, 2.45) is 0 Å². The Hall–Kier alpha value is -3.07. The number of rotatable bonds is 10. The van der Waals surface area contributed by atoms with E-state index in [2.05, 4.69) is 18.0 Å². The van der Waals surface area contributed by atoms with Gasteiger partial charge in [0.1, 0.15) is 29.8 Å². The minimum Gasteiger partial charge on any atom is -0.488 e. The summed E-state index contributed by atoms with van der Waals surface area (Å²) in [6.45, 7) is 2.47. The molecule has 34 heavy (non-hydrogen) atoms. The molecule has 2 N–H and O–H groups in total. The van der Waals surface area contributed by atoms with Gasteiger partial charge in [-0.3, -0.25) is 4.79 Å². The van der Waals surface area contributed by atoms with Gasteiger partial charge in [-0.2, -0.15) is 0 Å². The van der Waals surface area contributed by atoms with Crippen LogP contribution < -0.4 is 10.5 Å². The van der Waals surface area contributed by atoms with Gasteiger partial charge in [-0.25, -0.2) is 9.78 Å². The number of anilines is 1. The van der Waals surface area contributed by atoms with Crippen LogP contribution in [0.1, 0.15) is 51.5 Å². The second-order valence-corrected chi connectivity index (χ2v) is 9.68. The third-order valence-corrected chi connectivity index (χ3v) is 7.24. The summed E-state index contributed by atoms with van der Waals surface area (Å²) in [5.74, 6) is 0.529. The first kappa shape index (κ1) is 24.1. The van der Waals surface area contributed by atoms with E-state index in [0.717, 1.165) is 36.8 Å². The molecule has 3 atom stereocenters. The summed E-state index contributed by atoms with van der Waals surface area (Å²) in [5.41, 5.74) is 5.83. The number of esters is 1. The van der Waals surface area contributed by atoms with E-state index in [1.807, 2.05) is 23.6 Å². The summed E-state index contributed by atoms with van der Waals surface area (Å²) < 4.78 is 14.2. The molecule has 1 amide bonds. The number of ether oxygens (including phenoxy) is 2. The maximum atomic E-state index is 13.8. The summed E-state index contributed by atoms with van der Waals surface area (Å²) in [6.07, 6.45) is 8.17. The van der Waals surface area contributed by atoms with Gasteiger partial charge in [0, 0.05) is 17.3 Å². The Balaban J connectivity index is 1.52. The number of hydrogen-bond acceptors (Lipinski definition) is 7. The van der Waals surface area contributed by atoms with Crippen LogP contribution >= 0.6 is 11.3 Å². The molecule has 0 spiro atoms. The minimum absolute atomic E-state index is 0.135. The summed E-state index contributed by atoms with van der Waals surface area (Å²) in [7, 11) is 1.35. The van der Waals surface area contributed by atoms with Crippen molar-refractivity contribution in [2.75, 3.05) is 19.4 Å². The fourth-order valence-corrected chi connectivity index (χ4v) is 5.35. The number of carbonyl (C=O) groups is 2. The topological polar surface area (TPSA) is 99.7 Å². The number of carbonyl (C=O) groups excluding carboxylic acids is 2. The number of unbranched alkanes of at least 4 members (excludes halogenated alkanes) is 3. The maximum Gasteiger partial charge on any atom is 0.328 e. The molecule has 0 bridgehead atoms. The van der Waals surface area contributed by atoms with Crippen molar-refractivity contribution in [2.45, 2.75) is 63.6 Å². The van der Waals surface area contributed by atoms with Gasteiger partial charge in [-0.05, 0) is 41.5 Å². The molecular weight excluding hydrogens is 452 g/mol. The Morgan fingerprint density at radius 2 is 2.12 bits per heavy atom. The predicted molar refractivity (Wildman–Crippen MR) is 133 cm³/mol. The smallest absolute Gasteiger partial charge is 0.328 e. The van der Waals surface area contributed by atoms with Crippen LogP contribution in [-0.4, -0.2) is 52.1 Å². The van der Waals surface area contributed by atoms with Crippen molar-refractivity contribution in [3.8, 4) is 5.75 Å². The van der Waals surface area contributed by atoms with Crippen LogP contribution in [0.25, 0.3) is 10.1 Å². The lowest BCUT2D eigenvalue weighted by Crippen LogP contribution is -2.44. The molecule has 3 aromatic rings. The van der Waals surface area contributed by atoms with Gasteiger partial charge < -0.3 is 24.7 Å². The second kappa shape index (κ2) is 10.9. The van der Waals surface area contributed by atoms with E-state index in [0.29, 0.717) is 25.2 Å². The number of methoxy groups -OCH3 is 1. The number of nitrogens with two attached hydrogens (primary N) is 1. The number of nitrogen functional groups attached to an aromatic ring is 1. The quantitative estimate of drug-likeness (QED) is 0.338. The van der Waals surface area contributed by atoms with Gasteiger partial charge in [-0.15, -0.1) is 11.3 Å². The second-order valence-electron chi connectivity index (χ2n) is 8.74. The van der Waals surface area contributed by atoms with Gasteiger partial charge in [-0.1, -0.05) is 32.6 Å². The van der Waals surface area contributed by atoms with Crippen molar-refractivity contribution in [3.05, 3.63) is 42.2 Å². The number of thiophene rings is 1. The van der Waals surface area contributed by atoms with Crippen LogP contribution in [0, 0.1) is 0 Å². The van der Waals surface area contributed by atoms with Crippen molar-refractivity contribution in [1.82, 2.24) is 14.5 Å². The average Bonchev–Trinajstić information content (AvgIpc) is 3.58. The first-order valence-electron chi connectivity index (χ1n) is 11.8. The van der Waals surface area contributed by atoms with Crippen molar-refractivity contribution < 1.29 is 19.1 Å². The molecule has 0 saturated carbocycles. The average molecular weight is 485 g/mol. The first-order valence-corrected chi connectivity index (χ1v) is 12.7. The van der Waals surface area contributed by atoms with Gasteiger partial charge in [0.15, 0.2) is 0 Å². The summed E-state index contributed by atoms with van der Waals surface area (Å²) >= 11 is 1.68. The molecule has 0 unspecified atom stereocenters. The molecule has 182 valence electrons. The molecule has 2 aromatic heterocycles. The van der Waals surface area contributed by atoms with E-state index in [4.69, 9.17) is 15.2 Å². The number of likely N-dealkylation sites (tertiary alicyclic amines) is 1. The Kier molecular flexibility index (Phi) is 7.72. The SMILES string of the molecule is CCCCCC[C@H](C(=O)N1C[C@@H](Oc2ccc3sccc3c2)C[C@H]1C(=O)OC)n1cnc(N)c1. The normalized spacial score (nSPS) is 18.8. The predicted octanol–water partition coefficient (Wildman–Crippen LogP) is 4.41. The van der Waals surface area contributed by atoms with Crippen LogP contribution in [0.4, 0.5) is 5.82 Å². The molecule has 3 heterocycles. The van der Waals surface area contributed by atoms with Crippen LogP contribution in [0.3, 0.4) is 0 Å². The van der Waals surface area contributed by atoms with Crippen molar-refractivity contribution >= 4 is 39.1 Å². The molecule has 0 aliphatic carbocycles. The summed E-state index contributed by atoms with van der Waals surface area (Å²) in [5, 5.41) is 3.16. The summed E-state index contributed by atoms with van der Waals surface area (Å²) in [6, 6.07) is 6.84. The maximum absolute atomic E-state index is 13.8. The third-order valence-electron chi connectivity index (χ3n) is 6.34. The third kappa shape index (κ3) is 5.35. The number of aromatic nitrogens is 2. The van der Waals surface area contributed by atoms with Crippen molar-refractivity contribution in [3.63, 3.8) is 0 Å². The van der Waals surface area contributed by atoms with Crippen LogP contribution in [0.5, 0.6) is 5.75 Å². The zero-order chi connectivity index (χ0) is 24.1. The van der Waals surface area contributed by atoms with Gasteiger partial charge in [0.05, 0.1) is 20.0 Å². The zero-order valence-corrected chi connectivity index (χ0v) is 20.5. The molecule has 9 heteroatoms. The highest BCUT2D eigenvalue weighted by molar-refractivity contribution is 7.17.